The van der Waals surface area contributed by atoms with E-state index in [9.17, 15) is 9.59 Å². The zero-order chi connectivity index (χ0) is 14.7. The second-order valence-electron chi connectivity index (χ2n) is 4.99. The lowest BCUT2D eigenvalue weighted by Crippen LogP contribution is -2.46. The molecule has 0 radical (unpaired) electrons. The van der Waals surface area contributed by atoms with Crippen molar-refractivity contribution in [2.45, 2.75) is 39.3 Å². The van der Waals surface area contributed by atoms with E-state index in [0.717, 1.165) is 25.9 Å². The molecule has 2 rings (SSSR count). The molecule has 20 heavy (non-hydrogen) atoms. The Morgan fingerprint density at radius 2 is 2.10 bits per heavy atom. The molecular formula is C13H21N5O2. The first kappa shape index (κ1) is 14.4. The van der Waals surface area contributed by atoms with E-state index in [1.807, 2.05) is 6.92 Å². The lowest BCUT2D eigenvalue weighted by Gasteiger charge is -2.21. The number of nitrogens with two attached hydrogens (primary N) is 1. The molecule has 3 N–H and O–H groups in total. The Morgan fingerprint density at radius 1 is 1.45 bits per heavy atom. The molecule has 0 spiro atoms. The summed E-state index contributed by atoms with van der Waals surface area (Å²) >= 11 is 0. The molecule has 1 aliphatic rings. The van der Waals surface area contributed by atoms with Crippen molar-refractivity contribution in [2.75, 3.05) is 18.8 Å². The molecule has 7 heteroatoms. The Labute approximate surface area is 118 Å². The number of hydrogen-bond donors (Lipinski definition) is 2. The van der Waals surface area contributed by atoms with Crippen molar-refractivity contribution >= 4 is 17.5 Å². The smallest absolute Gasteiger partial charge is 0.272 e. The number of nitrogen functional groups attached to an aromatic ring is 1. The fraction of sp³-hybridized carbons (Fsp3) is 0.615. The molecule has 1 aromatic rings. The molecule has 7 nitrogen and oxygen atoms in total. The first-order chi connectivity index (χ1) is 9.54. The van der Waals surface area contributed by atoms with E-state index >= 15 is 0 Å². The van der Waals surface area contributed by atoms with Gasteiger partial charge in [-0.25, -0.2) is 0 Å². The Kier molecular flexibility index (Phi) is 4.26. The number of anilines is 1. The highest BCUT2D eigenvalue weighted by atomic mass is 16.2. The number of carbonyl (C=O) groups is 2. The highest BCUT2D eigenvalue weighted by molar-refractivity contribution is 5.99. The van der Waals surface area contributed by atoms with Gasteiger partial charge in [0.2, 0.25) is 5.91 Å². The summed E-state index contributed by atoms with van der Waals surface area (Å²) in [4.78, 5) is 26.1. The van der Waals surface area contributed by atoms with Crippen LogP contribution in [-0.4, -0.2) is 45.6 Å². The molecule has 1 fully saturated rings. The van der Waals surface area contributed by atoms with Gasteiger partial charge in [0.05, 0.1) is 11.9 Å². The minimum Gasteiger partial charge on any atom is -0.396 e. The van der Waals surface area contributed by atoms with Gasteiger partial charge in [0.25, 0.3) is 5.91 Å². The fourth-order valence-corrected chi connectivity index (χ4v) is 2.43. The van der Waals surface area contributed by atoms with E-state index in [1.54, 1.807) is 11.8 Å². The number of rotatable bonds is 4. The van der Waals surface area contributed by atoms with Crippen LogP contribution in [0.5, 0.6) is 0 Å². The number of nitrogens with zero attached hydrogens (tertiary/aromatic N) is 3. The number of aryl methyl sites for hydroxylation is 1. The summed E-state index contributed by atoms with van der Waals surface area (Å²) in [5.74, 6) is -0.404. The molecule has 2 heterocycles. The van der Waals surface area contributed by atoms with Crippen LogP contribution < -0.4 is 11.1 Å². The normalized spacial score (nSPS) is 16.2. The predicted octanol–water partition coefficient (Wildman–Crippen LogP) is 0.226. The van der Waals surface area contributed by atoms with Gasteiger partial charge in [-0.2, -0.15) is 5.10 Å². The molecule has 1 saturated heterocycles. The molecular weight excluding hydrogens is 258 g/mol. The third kappa shape index (κ3) is 2.76. The van der Waals surface area contributed by atoms with Crippen LogP contribution in [0, 0.1) is 0 Å². The molecule has 0 aromatic carbocycles. The molecule has 1 aliphatic heterocycles. The molecule has 1 aromatic heterocycles. The number of hydrogen-bond acceptors (Lipinski definition) is 4. The Hall–Kier alpha value is -2.05. The van der Waals surface area contributed by atoms with Gasteiger partial charge in [0, 0.05) is 19.6 Å². The summed E-state index contributed by atoms with van der Waals surface area (Å²) in [6, 6.07) is -0.555. The summed E-state index contributed by atoms with van der Waals surface area (Å²) in [5, 5.41) is 6.72. The maximum absolute atomic E-state index is 12.2. The zero-order valence-corrected chi connectivity index (χ0v) is 11.9. The Balaban J connectivity index is 2.03. The van der Waals surface area contributed by atoms with Crippen molar-refractivity contribution < 1.29 is 9.59 Å². The SMILES string of the molecule is CCn1ncc(N)c1C(=O)NC(C)C(=O)N1CCCC1. The number of likely N-dealkylation sites (tertiary alicyclic amines) is 1. The summed E-state index contributed by atoms with van der Waals surface area (Å²) in [6.07, 6.45) is 3.51. The van der Waals surface area contributed by atoms with Crippen molar-refractivity contribution in [1.29, 1.82) is 0 Å². The van der Waals surface area contributed by atoms with Crippen LogP contribution in [0.1, 0.15) is 37.2 Å². The highest BCUT2D eigenvalue weighted by Gasteiger charge is 2.26. The number of amides is 2. The van der Waals surface area contributed by atoms with Crippen molar-refractivity contribution in [1.82, 2.24) is 20.0 Å². The van der Waals surface area contributed by atoms with Crippen LogP contribution in [-0.2, 0) is 11.3 Å². The molecule has 0 saturated carbocycles. The predicted molar refractivity (Wildman–Crippen MR) is 75.1 cm³/mol. The van der Waals surface area contributed by atoms with E-state index < -0.39 is 6.04 Å². The fourth-order valence-electron chi connectivity index (χ4n) is 2.43. The van der Waals surface area contributed by atoms with Crippen LogP contribution in [0.2, 0.25) is 0 Å². The third-order valence-electron chi connectivity index (χ3n) is 3.52. The van der Waals surface area contributed by atoms with Crippen molar-refractivity contribution in [2.24, 2.45) is 0 Å². The van der Waals surface area contributed by atoms with Crippen LogP contribution >= 0.6 is 0 Å². The van der Waals surface area contributed by atoms with E-state index in [1.165, 1.54) is 10.9 Å². The zero-order valence-electron chi connectivity index (χ0n) is 11.9. The maximum atomic E-state index is 12.2. The minimum atomic E-state index is -0.555. The van der Waals surface area contributed by atoms with Gasteiger partial charge in [-0.1, -0.05) is 0 Å². The monoisotopic (exact) mass is 279 g/mol. The van der Waals surface area contributed by atoms with E-state index in [4.69, 9.17) is 5.73 Å². The average molecular weight is 279 g/mol. The summed E-state index contributed by atoms with van der Waals surface area (Å²) < 4.78 is 1.53. The van der Waals surface area contributed by atoms with Gasteiger partial charge in [-0.05, 0) is 26.7 Å². The Morgan fingerprint density at radius 3 is 2.70 bits per heavy atom. The van der Waals surface area contributed by atoms with Gasteiger partial charge < -0.3 is 16.0 Å². The first-order valence-corrected chi connectivity index (χ1v) is 6.95. The standard InChI is InChI=1S/C13H21N5O2/c1-3-18-11(10(14)8-15-18)12(19)16-9(2)13(20)17-6-4-5-7-17/h8-9H,3-7,14H2,1-2H3,(H,16,19). The molecule has 1 atom stereocenters. The first-order valence-electron chi connectivity index (χ1n) is 6.95. The van der Waals surface area contributed by atoms with Crippen LogP contribution in [0.25, 0.3) is 0 Å². The van der Waals surface area contributed by atoms with Gasteiger partial charge >= 0.3 is 0 Å². The maximum Gasteiger partial charge on any atom is 0.272 e. The molecule has 2 amide bonds. The van der Waals surface area contributed by atoms with E-state index in [0.29, 0.717) is 17.9 Å². The molecule has 0 aliphatic carbocycles. The van der Waals surface area contributed by atoms with Gasteiger partial charge in [-0.15, -0.1) is 0 Å². The summed E-state index contributed by atoms with van der Waals surface area (Å²) in [5.41, 5.74) is 6.39. The highest BCUT2D eigenvalue weighted by Crippen LogP contribution is 2.12. The lowest BCUT2D eigenvalue weighted by molar-refractivity contribution is -0.131. The second-order valence-corrected chi connectivity index (χ2v) is 4.99. The van der Waals surface area contributed by atoms with Crippen LogP contribution in [0.4, 0.5) is 5.69 Å². The van der Waals surface area contributed by atoms with Gasteiger partial charge in [-0.3, -0.25) is 14.3 Å². The quantitative estimate of drug-likeness (QED) is 0.825. The van der Waals surface area contributed by atoms with E-state index in [-0.39, 0.29) is 11.8 Å². The number of aromatic nitrogens is 2. The molecule has 110 valence electrons. The largest absolute Gasteiger partial charge is 0.396 e. The van der Waals surface area contributed by atoms with Gasteiger partial charge in [0.1, 0.15) is 11.7 Å². The Bertz CT molecular complexity index is 505. The van der Waals surface area contributed by atoms with Gasteiger partial charge in [0.15, 0.2) is 0 Å². The average Bonchev–Trinajstić information content (AvgIpc) is 3.06. The lowest BCUT2D eigenvalue weighted by atomic mass is 10.2. The van der Waals surface area contributed by atoms with Crippen molar-refractivity contribution in [3.63, 3.8) is 0 Å². The van der Waals surface area contributed by atoms with Crippen LogP contribution in [0.15, 0.2) is 6.20 Å². The van der Waals surface area contributed by atoms with E-state index in [2.05, 4.69) is 10.4 Å². The third-order valence-corrected chi connectivity index (χ3v) is 3.52. The topological polar surface area (TPSA) is 93.2 Å². The number of nitrogens with one attached hydrogen (secondary N) is 1. The van der Waals surface area contributed by atoms with Crippen LogP contribution in [0.3, 0.4) is 0 Å². The second kappa shape index (κ2) is 5.94. The molecule has 1 unspecified atom stereocenters. The number of carbonyl (C=O) groups excluding carboxylic acids is 2. The summed E-state index contributed by atoms with van der Waals surface area (Å²) in [6.45, 7) is 5.67. The minimum absolute atomic E-state index is 0.0445. The van der Waals surface area contributed by atoms with Crippen molar-refractivity contribution in [3.05, 3.63) is 11.9 Å². The van der Waals surface area contributed by atoms with Crippen molar-refractivity contribution in [3.8, 4) is 0 Å². The molecule has 0 bridgehead atoms. The summed E-state index contributed by atoms with van der Waals surface area (Å²) in [7, 11) is 0.